The van der Waals surface area contributed by atoms with Crippen LogP contribution in [0.25, 0.3) is 0 Å². The van der Waals surface area contributed by atoms with E-state index >= 15 is 0 Å². The molecule has 0 aliphatic rings. The summed E-state index contributed by atoms with van der Waals surface area (Å²) >= 11 is 0. The summed E-state index contributed by atoms with van der Waals surface area (Å²) < 4.78 is 10.0. The lowest BCUT2D eigenvalue weighted by Crippen LogP contribution is -2.08. The van der Waals surface area contributed by atoms with Gasteiger partial charge in [0, 0.05) is 20.1 Å². The van der Waals surface area contributed by atoms with Crippen LogP contribution < -0.4 is 4.74 Å². The predicted molar refractivity (Wildman–Crippen MR) is 62.6 cm³/mol. The third-order valence-corrected chi connectivity index (χ3v) is 2.29. The minimum absolute atomic E-state index is 0.207. The van der Waals surface area contributed by atoms with Gasteiger partial charge in [-0.3, -0.25) is 4.79 Å². The molecule has 1 aromatic carbocycles. The van der Waals surface area contributed by atoms with Gasteiger partial charge < -0.3 is 9.47 Å². The van der Waals surface area contributed by atoms with Crippen LogP contribution in [0.4, 0.5) is 0 Å². The zero-order valence-corrected chi connectivity index (χ0v) is 9.86. The summed E-state index contributed by atoms with van der Waals surface area (Å²) in [5.74, 6) is 0.404. The summed E-state index contributed by atoms with van der Waals surface area (Å²) in [6.45, 7) is 2.68. The van der Waals surface area contributed by atoms with Gasteiger partial charge in [-0.2, -0.15) is 0 Å². The summed E-state index contributed by atoms with van der Waals surface area (Å²) in [5, 5.41) is 0. The second-order valence-corrected chi connectivity index (χ2v) is 3.57. The Morgan fingerprint density at radius 2 is 1.94 bits per heavy atom. The number of carbonyl (C=O) groups is 1. The topological polar surface area (TPSA) is 35.5 Å². The highest BCUT2D eigenvalue weighted by Gasteiger charge is 2.04. The van der Waals surface area contributed by atoms with Crippen molar-refractivity contribution in [2.45, 2.75) is 26.2 Å². The Balaban J connectivity index is 2.37. The van der Waals surface area contributed by atoms with Crippen LogP contribution >= 0.6 is 0 Å². The highest BCUT2D eigenvalue weighted by Crippen LogP contribution is 2.13. The lowest BCUT2D eigenvalue weighted by atomic mass is 10.2. The van der Waals surface area contributed by atoms with Crippen molar-refractivity contribution in [3.8, 4) is 5.75 Å². The summed E-state index contributed by atoms with van der Waals surface area (Å²) in [6.07, 6.45) is 2.08. The standard InChI is InChI=1S/C13H18O3/c1-3-11-6-8-12(9-7-11)16-13(14)5-4-10-15-2/h6-9H,3-5,10H2,1-2H3. The van der Waals surface area contributed by atoms with Crippen LogP contribution in [0.15, 0.2) is 24.3 Å². The van der Waals surface area contributed by atoms with Crippen molar-refractivity contribution in [2.24, 2.45) is 0 Å². The van der Waals surface area contributed by atoms with Crippen LogP contribution in [-0.2, 0) is 16.0 Å². The summed E-state index contributed by atoms with van der Waals surface area (Å²) in [5.41, 5.74) is 1.24. The predicted octanol–water partition coefficient (Wildman–Crippen LogP) is 2.58. The molecule has 0 bridgehead atoms. The third kappa shape index (κ3) is 4.45. The van der Waals surface area contributed by atoms with E-state index in [4.69, 9.17) is 9.47 Å². The molecule has 0 saturated heterocycles. The molecule has 0 aliphatic heterocycles. The van der Waals surface area contributed by atoms with Gasteiger partial charge in [-0.15, -0.1) is 0 Å². The Bertz CT molecular complexity index is 316. The fourth-order valence-corrected chi connectivity index (χ4v) is 1.34. The maximum Gasteiger partial charge on any atom is 0.311 e. The fourth-order valence-electron chi connectivity index (χ4n) is 1.34. The van der Waals surface area contributed by atoms with Gasteiger partial charge in [0.05, 0.1) is 0 Å². The van der Waals surface area contributed by atoms with Gasteiger partial charge in [0.15, 0.2) is 0 Å². The number of carbonyl (C=O) groups excluding carboxylic acids is 1. The zero-order chi connectivity index (χ0) is 11.8. The van der Waals surface area contributed by atoms with E-state index in [1.165, 1.54) is 5.56 Å². The molecule has 0 unspecified atom stereocenters. The molecule has 0 aromatic heterocycles. The summed E-state index contributed by atoms with van der Waals surface area (Å²) in [6, 6.07) is 7.59. The van der Waals surface area contributed by atoms with E-state index < -0.39 is 0 Å². The zero-order valence-electron chi connectivity index (χ0n) is 9.86. The molecule has 0 heterocycles. The van der Waals surface area contributed by atoms with Crippen LogP contribution in [-0.4, -0.2) is 19.7 Å². The van der Waals surface area contributed by atoms with Gasteiger partial charge in [0.25, 0.3) is 0 Å². The fraction of sp³-hybridized carbons (Fsp3) is 0.462. The number of hydrogen-bond donors (Lipinski definition) is 0. The van der Waals surface area contributed by atoms with Gasteiger partial charge in [-0.25, -0.2) is 0 Å². The van der Waals surface area contributed by atoms with Gasteiger partial charge in [-0.05, 0) is 30.5 Å². The number of methoxy groups -OCH3 is 1. The van der Waals surface area contributed by atoms with Gasteiger partial charge in [-0.1, -0.05) is 19.1 Å². The number of esters is 1. The second-order valence-electron chi connectivity index (χ2n) is 3.57. The molecule has 3 heteroatoms. The normalized spacial score (nSPS) is 10.1. The smallest absolute Gasteiger partial charge is 0.311 e. The maximum atomic E-state index is 11.4. The van der Waals surface area contributed by atoms with Crippen molar-refractivity contribution < 1.29 is 14.3 Å². The quantitative estimate of drug-likeness (QED) is 0.421. The van der Waals surface area contributed by atoms with Crippen molar-refractivity contribution >= 4 is 5.97 Å². The summed E-state index contributed by atoms with van der Waals surface area (Å²) in [4.78, 5) is 11.4. The molecular weight excluding hydrogens is 204 g/mol. The van der Waals surface area contributed by atoms with E-state index in [-0.39, 0.29) is 5.97 Å². The van der Waals surface area contributed by atoms with Crippen LogP contribution in [0, 0.1) is 0 Å². The highest BCUT2D eigenvalue weighted by molar-refractivity contribution is 5.72. The highest BCUT2D eigenvalue weighted by atomic mass is 16.5. The number of ether oxygens (including phenoxy) is 2. The molecule has 0 saturated carbocycles. The van der Waals surface area contributed by atoms with Gasteiger partial charge in [0.1, 0.15) is 5.75 Å². The first kappa shape index (κ1) is 12.7. The van der Waals surface area contributed by atoms with Gasteiger partial charge >= 0.3 is 5.97 Å². The lowest BCUT2D eigenvalue weighted by Gasteiger charge is -2.04. The van der Waals surface area contributed by atoms with Crippen molar-refractivity contribution in [3.05, 3.63) is 29.8 Å². The van der Waals surface area contributed by atoms with Gasteiger partial charge in [0.2, 0.25) is 0 Å². The van der Waals surface area contributed by atoms with E-state index in [1.54, 1.807) is 7.11 Å². The van der Waals surface area contributed by atoms with Crippen LogP contribution in [0.3, 0.4) is 0 Å². The molecule has 0 amide bonds. The molecule has 0 atom stereocenters. The number of aryl methyl sites for hydroxylation is 1. The Hall–Kier alpha value is -1.35. The van der Waals surface area contributed by atoms with E-state index in [0.29, 0.717) is 25.2 Å². The Morgan fingerprint density at radius 1 is 1.25 bits per heavy atom. The van der Waals surface area contributed by atoms with E-state index in [1.807, 2.05) is 24.3 Å². The molecule has 0 N–H and O–H groups in total. The average Bonchev–Trinajstić information content (AvgIpc) is 2.30. The first-order valence-electron chi connectivity index (χ1n) is 5.54. The summed E-state index contributed by atoms with van der Waals surface area (Å²) in [7, 11) is 1.62. The van der Waals surface area contributed by atoms with Crippen LogP contribution in [0.2, 0.25) is 0 Å². The van der Waals surface area contributed by atoms with Crippen molar-refractivity contribution in [1.29, 1.82) is 0 Å². The minimum Gasteiger partial charge on any atom is -0.427 e. The lowest BCUT2D eigenvalue weighted by molar-refractivity contribution is -0.134. The molecule has 0 radical (unpaired) electrons. The third-order valence-electron chi connectivity index (χ3n) is 2.29. The molecule has 1 aromatic rings. The SMILES string of the molecule is CCc1ccc(OC(=O)CCCOC)cc1. The second kappa shape index (κ2) is 7.01. The molecule has 1 rings (SSSR count). The Labute approximate surface area is 96.4 Å². The van der Waals surface area contributed by atoms with E-state index in [2.05, 4.69) is 6.92 Å². The molecule has 16 heavy (non-hydrogen) atoms. The van der Waals surface area contributed by atoms with E-state index in [9.17, 15) is 4.79 Å². The van der Waals surface area contributed by atoms with Crippen molar-refractivity contribution in [2.75, 3.05) is 13.7 Å². The van der Waals surface area contributed by atoms with Crippen LogP contribution in [0.1, 0.15) is 25.3 Å². The first-order chi connectivity index (χ1) is 7.76. The number of benzene rings is 1. The Kier molecular flexibility index (Phi) is 5.57. The molecule has 0 spiro atoms. The molecule has 0 aliphatic carbocycles. The Morgan fingerprint density at radius 3 is 2.50 bits per heavy atom. The largest absolute Gasteiger partial charge is 0.427 e. The number of hydrogen-bond acceptors (Lipinski definition) is 3. The number of rotatable bonds is 6. The molecule has 88 valence electrons. The minimum atomic E-state index is -0.207. The first-order valence-corrected chi connectivity index (χ1v) is 5.54. The average molecular weight is 222 g/mol. The van der Waals surface area contributed by atoms with Crippen LogP contribution in [0.5, 0.6) is 5.75 Å². The monoisotopic (exact) mass is 222 g/mol. The molecular formula is C13H18O3. The van der Waals surface area contributed by atoms with Crippen molar-refractivity contribution in [1.82, 2.24) is 0 Å². The van der Waals surface area contributed by atoms with E-state index in [0.717, 1.165) is 6.42 Å². The van der Waals surface area contributed by atoms with Crippen molar-refractivity contribution in [3.63, 3.8) is 0 Å². The molecule has 0 fully saturated rings. The maximum absolute atomic E-state index is 11.4. The molecule has 3 nitrogen and oxygen atoms in total.